The molecule has 0 unspecified atom stereocenters. The molecular formula is C10H13N3O. The Kier molecular flexibility index (Phi) is 2.43. The molecule has 1 amide bonds. The first-order valence-corrected chi connectivity index (χ1v) is 4.82. The summed E-state index contributed by atoms with van der Waals surface area (Å²) in [6.45, 7) is 2.45. The molecular weight excluding hydrogens is 178 g/mol. The summed E-state index contributed by atoms with van der Waals surface area (Å²) in [7, 11) is 0. The van der Waals surface area contributed by atoms with Crippen molar-refractivity contribution in [3.05, 3.63) is 24.3 Å². The van der Waals surface area contributed by atoms with E-state index in [2.05, 4.69) is 9.97 Å². The summed E-state index contributed by atoms with van der Waals surface area (Å²) in [6, 6.07) is 0.140. The maximum Gasteiger partial charge on any atom is 0.220 e. The van der Waals surface area contributed by atoms with E-state index in [-0.39, 0.29) is 11.9 Å². The molecule has 1 saturated heterocycles. The van der Waals surface area contributed by atoms with E-state index >= 15 is 0 Å². The second-order valence-corrected chi connectivity index (χ2v) is 3.50. The number of hydrogen-bond acceptors (Lipinski definition) is 3. The number of nitrogens with zero attached hydrogens (tertiary/aromatic N) is 3. The largest absolute Gasteiger partial charge is 0.334 e. The number of hydrogen-bond donors (Lipinski definition) is 0. The van der Waals surface area contributed by atoms with Gasteiger partial charge in [0.25, 0.3) is 0 Å². The Bertz CT molecular complexity index is 325. The average molecular weight is 191 g/mol. The molecule has 1 fully saturated rings. The Morgan fingerprint density at radius 1 is 1.57 bits per heavy atom. The van der Waals surface area contributed by atoms with Gasteiger partial charge in [-0.3, -0.25) is 14.8 Å². The van der Waals surface area contributed by atoms with Gasteiger partial charge >= 0.3 is 0 Å². The number of carbonyl (C=O) groups excluding carboxylic acids is 1. The highest BCUT2D eigenvalue weighted by atomic mass is 16.2. The van der Waals surface area contributed by atoms with Crippen molar-refractivity contribution >= 4 is 5.91 Å². The van der Waals surface area contributed by atoms with Gasteiger partial charge in [-0.1, -0.05) is 0 Å². The van der Waals surface area contributed by atoms with E-state index in [1.165, 1.54) is 0 Å². The van der Waals surface area contributed by atoms with Gasteiger partial charge in [0.1, 0.15) is 0 Å². The van der Waals surface area contributed by atoms with Crippen LogP contribution in [-0.4, -0.2) is 27.3 Å². The molecule has 4 nitrogen and oxygen atoms in total. The molecule has 0 N–H and O–H groups in total. The highest BCUT2D eigenvalue weighted by Crippen LogP contribution is 2.29. The molecule has 1 aromatic rings. The normalized spacial score (nSPS) is 21.2. The van der Waals surface area contributed by atoms with Crippen molar-refractivity contribution in [1.82, 2.24) is 14.9 Å². The summed E-state index contributed by atoms with van der Waals surface area (Å²) < 4.78 is 0. The van der Waals surface area contributed by atoms with Gasteiger partial charge < -0.3 is 4.90 Å². The van der Waals surface area contributed by atoms with Gasteiger partial charge in [-0.25, -0.2) is 0 Å². The van der Waals surface area contributed by atoms with Crippen LogP contribution >= 0.6 is 0 Å². The smallest absolute Gasteiger partial charge is 0.220 e. The minimum Gasteiger partial charge on any atom is -0.334 e. The molecule has 74 valence electrons. The van der Waals surface area contributed by atoms with E-state index < -0.39 is 0 Å². The van der Waals surface area contributed by atoms with Gasteiger partial charge in [0, 0.05) is 25.9 Å². The summed E-state index contributed by atoms with van der Waals surface area (Å²) >= 11 is 0. The maximum atomic E-state index is 11.3. The fourth-order valence-electron chi connectivity index (χ4n) is 1.93. The Labute approximate surface area is 83.0 Å². The molecule has 1 aromatic heterocycles. The number of aromatic nitrogens is 2. The summed E-state index contributed by atoms with van der Waals surface area (Å²) in [6.07, 6.45) is 7.12. The zero-order chi connectivity index (χ0) is 9.97. The summed E-state index contributed by atoms with van der Waals surface area (Å²) in [5, 5.41) is 0. The quantitative estimate of drug-likeness (QED) is 0.669. The lowest BCUT2D eigenvalue weighted by molar-refractivity contribution is -0.129. The van der Waals surface area contributed by atoms with Gasteiger partial charge in [0.15, 0.2) is 0 Å². The van der Waals surface area contributed by atoms with Crippen molar-refractivity contribution in [2.75, 3.05) is 6.54 Å². The number of likely N-dealkylation sites (tertiary alicyclic amines) is 1. The summed E-state index contributed by atoms with van der Waals surface area (Å²) in [5.74, 6) is 0.123. The predicted molar refractivity (Wildman–Crippen MR) is 51.4 cm³/mol. The van der Waals surface area contributed by atoms with Gasteiger partial charge in [0.2, 0.25) is 5.91 Å². The molecule has 0 aliphatic carbocycles. The first kappa shape index (κ1) is 9.12. The topological polar surface area (TPSA) is 46.1 Å². The van der Waals surface area contributed by atoms with Crippen LogP contribution < -0.4 is 0 Å². The molecule has 2 rings (SSSR count). The second-order valence-electron chi connectivity index (χ2n) is 3.50. The van der Waals surface area contributed by atoms with E-state index in [1.807, 2.05) is 4.90 Å². The Hall–Kier alpha value is -1.45. The standard InChI is InChI=1S/C10H13N3O/c1-8(14)13-6-2-3-10(13)9-7-11-4-5-12-9/h4-5,7,10H,2-3,6H2,1H3/t10-/m1/s1. The van der Waals surface area contributed by atoms with E-state index in [9.17, 15) is 4.79 Å². The monoisotopic (exact) mass is 191 g/mol. The predicted octanol–water partition coefficient (Wildman–Crippen LogP) is 1.16. The Morgan fingerprint density at radius 2 is 2.43 bits per heavy atom. The van der Waals surface area contributed by atoms with Crippen molar-refractivity contribution < 1.29 is 4.79 Å². The molecule has 0 aromatic carbocycles. The first-order valence-electron chi connectivity index (χ1n) is 4.82. The van der Waals surface area contributed by atoms with Crippen molar-refractivity contribution in [3.8, 4) is 0 Å². The maximum absolute atomic E-state index is 11.3. The highest BCUT2D eigenvalue weighted by molar-refractivity contribution is 5.74. The molecule has 0 spiro atoms. The lowest BCUT2D eigenvalue weighted by atomic mass is 10.1. The van der Waals surface area contributed by atoms with Crippen LogP contribution in [0.15, 0.2) is 18.6 Å². The van der Waals surface area contributed by atoms with Gasteiger partial charge in [-0.2, -0.15) is 0 Å². The SMILES string of the molecule is CC(=O)N1CCC[C@@H]1c1cnccn1. The molecule has 4 heteroatoms. The van der Waals surface area contributed by atoms with E-state index in [0.717, 1.165) is 25.1 Å². The molecule has 0 bridgehead atoms. The zero-order valence-electron chi connectivity index (χ0n) is 8.18. The van der Waals surface area contributed by atoms with E-state index in [0.29, 0.717) is 0 Å². The van der Waals surface area contributed by atoms with Gasteiger partial charge in [-0.05, 0) is 12.8 Å². The molecule has 0 radical (unpaired) electrons. The fourth-order valence-corrected chi connectivity index (χ4v) is 1.93. The lowest BCUT2D eigenvalue weighted by Crippen LogP contribution is -2.28. The molecule has 0 saturated carbocycles. The molecule has 1 aliphatic rings. The summed E-state index contributed by atoms with van der Waals surface area (Å²) in [4.78, 5) is 21.4. The van der Waals surface area contributed by atoms with Crippen LogP contribution in [0.3, 0.4) is 0 Å². The number of amides is 1. The van der Waals surface area contributed by atoms with Gasteiger partial charge in [-0.15, -0.1) is 0 Å². The third-order valence-electron chi connectivity index (χ3n) is 2.58. The van der Waals surface area contributed by atoms with E-state index in [4.69, 9.17) is 0 Å². The van der Waals surface area contributed by atoms with Crippen molar-refractivity contribution in [3.63, 3.8) is 0 Å². The first-order chi connectivity index (χ1) is 6.79. The second kappa shape index (κ2) is 3.74. The van der Waals surface area contributed by atoms with Gasteiger partial charge in [0.05, 0.1) is 17.9 Å². The van der Waals surface area contributed by atoms with Crippen LogP contribution in [0.5, 0.6) is 0 Å². The van der Waals surface area contributed by atoms with Crippen LogP contribution in [0, 0.1) is 0 Å². The molecule has 2 heterocycles. The third kappa shape index (κ3) is 1.60. The average Bonchev–Trinajstić information content (AvgIpc) is 2.67. The van der Waals surface area contributed by atoms with E-state index in [1.54, 1.807) is 25.5 Å². The van der Waals surface area contributed by atoms with Crippen LogP contribution in [0.25, 0.3) is 0 Å². The summed E-state index contributed by atoms with van der Waals surface area (Å²) in [5.41, 5.74) is 0.903. The molecule has 1 atom stereocenters. The Morgan fingerprint density at radius 3 is 3.07 bits per heavy atom. The Balaban J connectivity index is 2.22. The van der Waals surface area contributed by atoms with Crippen LogP contribution in [0.2, 0.25) is 0 Å². The zero-order valence-corrected chi connectivity index (χ0v) is 8.18. The fraction of sp³-hybridized carbons (Fsp3) is 0.500. The lowest BCUT2D eigenvalue weighted by Gasteiger charge is -2.22. The van der Waals surface area contributed by atoms with Crippen LogP contribution in [0.4, 0.5) is 0 Å². The highest BCUT2D eigenvalue weighted by Gasteiger charge is 2.28. The van der Waals surface area contributed by atoms with Crippen molar-refractivity contribution in [2.24, 2.45) is 0 Å². The minimum atomic E-state index is 0.123. The number of carbonyl (C=O) groups is 1. The molecule has 1 aliphatic heterocycles. The van der Waals surface area contributed by atoms with Crippen molar-refractivity contribution in [1.29, 1.82) is 0 Å². The van der Waals surface area contributed by atoms with Crippen LogP contribution in [0.1, 0.15) is 31.5 Å². The molecule has 14 heavy (non-hydrogen) atoms. The number of rotatable bonds is 1. The third-order valence-corrected chi connectivity index (χ3v) is 2.58. The minimum absolute atomic E-state index is 0.123. The van der Waals surface area contributed by atoms with Crippen LogP contribution in [-0.2, 0) is 4.79 Å². The van der Waals surface area contributed by atoms with Crippen molar-refractivity contribution in [2.45, 2.75) is 25.8 Å².